The van der Waals surface area contributed by atoms with Gasteiger partial charge in [-0.3, -0.25) is 0 Å². The quantitative estimate of drug-likeness (QED) is 0.444. The molecule has 0 amide bonds. The van der Waals surface area contributed by atoms with E-state index in [0.717, 1.165) is 5.56 Å². The average Bonchev–Trinajstić information content (AvgIpc) is 2.53. The van der Waals surface area contributed by atoms with Gasteiger partial charge in [-0.05, 0) is 36.8 Å². The van der Waals surface area contributed by atoms with E-state index in [2.05, 4.69) is 0 Å². The number of carbonyl (C=O) groups excluding carboxylic acids is 1. The summed E-state index contributed by atoms with van der Waals surface area (Å²) in [7, 11) is 0. The van der Waals surface area contributed by atoms with Gasteiger partial charge in [-0.1, -0.05) is 30.3 Å². The van der Waals surface area contributed by atoms with E-state index in [9.17, 15) is 4.79 Å². The monoisotopic (exact) mass is 286 g/mol. The highest BCUT2D eigenvalue weighted by Gasteiger charge is 2.05. The Hall–Kier alpha value is -2.33. The minimum atomic E-state index is -0.329. The van der Waals surface area contributed by atoms with Gasteiger partial charge in [-0.15, -0.1) is 0 Å². The summed E-state index contributed by atoms with van der Waals surface area (Å²) in [6, 6.07) is 16.7. The Bertz CT molecular complexity index is 549. The molecule has 2 aromatic carbocycles. The second-order valence-electron chi connectivity index (χ2n) is 4.34. The molecule has 0 atom stereocenters. The Balaban J connectivity index is 1.75. The molecular weight excluding hydrogens is 268 g/mol. The zero-order valence-corrected chi connectivity index (χ0v) is 12.0. The van der Waals surface area contributed by atoms with Crippen LogP contribution in [0, 0.1) is 0 Å². The van der Waals surface area contributed by atoms with Crippen LogP contribution >= 0.6 is 0 Å². The minimum Gasteiger partial charge on any atom is -0.468 e. The first-order chi connectivity index (χ1) is 10.3. The summed E-state index contributed by atoms with van der Waals surface area (Å²) in [5.74, 6) is 0.320. The molecule has 0 fully saturated rings. The highest BCUT2D eigenvalue weighted by molar-refractivity contribution is 5.89. The molecule has 0 heterocycles. The van der Waals surface area contributed by atoms with Gasteiger partial charge in [-0.25, -0.2) is 4.79 Å². The smallest absolute Gasteiger partial charge is 0.338 e. The van der Waals surface area contributed by atoms with Gasteiger partial charge in [0.15, 0.2) is 6.79 Å². The third-order valence-corrected chi connectivity index (χ3v) is 2.79. The molecule has 0 aromatic heterocycles. The number of benzene rings is 2. The molecule has 21 heavy (non-hydrogen) atoms. The van der Waals surface area contributed by atoms with Gasteiger partial charge in [-0.2, -0.15) is 0 Å². The number of hydrogen-bond acceptors (Lipinski definition) is 4. The topological polar surface area (TPSA) is 44.8 Å². The summed E-state index contributed by atoms with van der Waals surface area (Å²) in [6.07, 6.45) is 0. The van der Waals surface area contributed by atoms with Crippen LogP contribution in [0.5, 0.6) is 5.75 Å². The van der Waals surface area contributed by atoms with E-state index >= 15 is 0 Å². The first-order valence-corrected chi connectivity index (χ1v) is 6.81. The van der Waals surface area contributed by atoms with E-state index in [0.29, 0.717) is 24.5 Å². The van der Waals surface area contributed by atoms with Gasteiger partial charge in [0.2, 0.25) is 0 Å². The molecule has 0 N–H and O–H groups in total. The lowest BCUT2D eigenvalue weighted by molar-refractivity contribution is 0.00504. The van der Waals surface area contributed by atoms with Crippen molar-refractivity contribution in [3.63, 3.8) is 0 Å². The molecule has 110 valence electrons. The molecule has 0 spiro atoms. The molecule has 4 nitrogen and oxygen atoms in total. The van der Waals surface area contributed by atoms with Crippen molar-refractivity contribution in [2.75, 3.05) is 13.4 Å². The number of carbonyl (C=O) groups is 1. The number of ether oxygens (including phenoxy) is 3. The van der Waals surface area contributed by atoms with Gasteiger partial charge in [0.25, 0.3) is 0 Å². The average molecular weight is 286 g/mol. The maximum Gasteiger partial charge on any atom is 0.338 e. The van der Waals surface area contributed by atoms with Crippen molar-refractivity contribution >= 4 is 5.97 Å². The Morgan fingerprint density at radius 1 is 1.00 bits per heavy atom. The predicted octanol–water partition coefficient (Wildman–Crippen LogP) is 3.42. The normalized spacial score (nSPS) is 10.1. The van der Waals surface area contributed by atoms with Crippen LogP contribution in [-0.2, 0) is 16.1 Å². The van der Waals surface area contributed by atoms with E-state index in [-0.39, 0.29) is 12.8 Å². The molecule has 0 aliphatic heterocycles. The van der Waals surface area contributed by atoms with E-state index in [1.54, 1.807) is 31.2 Å². The fourth-order valence-corrected chi connectivity index (χ4v) is 1.75. The summed E-state index contributed by atoms with van der Waals surface area (Å²) < 4.78 is 15.8. The molecule has 4 heteroatoms. The molecule has 0 aliphatic rings. The zero-order chi connectivity index (χ0) is 14.9. The lowest BCUT2D eigenvalue weighted by Gasteiger charge is -2.08. The van der Waals surface area contributed by atoms with Crippen molar-refractivity contribution in [1.29, 1.82) is 0 Å². The van der Waals surface area contributed by atoms with E-state index < -0.39 is 0 Å². The SMILES string of the molecule is CCOC(=O)c1ccc(OCOCc2ccccc2)cc1. The van der Waals surface area contributed by atoms with Crippen molar-refractivity contribution in [1.82, 2.24) is 0 Å². The number of rotatable bonds is 7. The summed E-state index contributed by atoms with van der Waals surface area (Å²) in [5, 5.41) is 0. The van der Waals surface area contributed by atoms with E-state index in [4.69, 9.17) is 14.2 Å². The third-order valence-electron chi connectivity index (χ3n) is 2.79. The highest BCUT2D eigenvalue weighted by atomic mass is 16.7. The second-order valence-corrected chi connectivity index (χ2v) is 4.34. The minimum absolute atomic E-state index is 0.160. The molecule has 0 saturated heterocycles. The Morgan fingerprint density at radius 2 is 1.71 bits per heavy atom. The summed E-state index contributed by atoms with van der Waals surface area (Å²) >= 11 is 0. The number of esters is 1. The summed E-state index contributed by atoms with van der Waals surface area (Å²) in [5.41, 5.74) is 1.60. The van der Waals surface area contributed by atoms with E-state index in [1.165, 1.54) is 0 Å². The van der Waals surface area contributed by atoms with E-state index in [1.807, 2.05) is 30.3 Å². The van der Waals surface area contributed by atoms with Gasteiger partial charge in [0.1, 0.15) is 5.75 Å². The summed E-state index contributed by atoms with van der Waals surface area (Å²) in [6.45, 7) is 2.80. The molecule has 0 unspecified atom stereocenters. The molecule has 0 aliphatic carbocycles. The fraction of sp³-hybridized carbons (Fsp3) is 0.235. The van der Waals surface area contributed by atoms with Crippen LogP contribution in [0.25, 0.3) is 0 Å². The van der Waals surface area contributed by atoms with Crippen molar-refractivity contribution in [3.8, 4) is 5.75 Å². The first-order valence-electron chi connectivity index (χ1n) is 6.81. The standard InChI is InChI=1S/C17H18O4/c1-2-20-17(18)15-8-10-16(11-9-15)21-13-19-12-14-6-4-3-5-7-14/h3-11H,2,12-13H2,1H3. The fourth-order valence-electron chi connectivity index (χ4n) is 1.75. The van der Waals surface area contributed by atoms with Crippen LogP contribution in [0.2, 0.25) is 0 Å². The third kappa shape index (κ3) is 4.93. The molecule has 2 rings (SSSR count). The Labute approximate surface area is 124 Å². The maximum atomic E-state index is 11.5. The van der Waals surface area contributed by atoms with Crippen LogP contribution in [0.4, 0.5) is 0 Å². The zero-order valence-electron chi connectivity index (χ0n) is 12.0. The Morgan fingerprint density at radius 3 is 2.38 bits per heavy atom. The summed E-state index contributed by atoms with van der Waals surface area (Å²) in [4.78, 5) is 11.5. The van der Waals surface area contributed by atoms with Crippen LogP contribution in [0.3, 0.4) is 0 Å². The molecular formula is C17H18O4. The van der Waals surface area contributed by atoms with Crippen LogP contribution in [0.15, 0.2) is 54.6 Å². The van der Waals surface area contributed by atoms with Crippen molar-refractivity contribution in [3.05, 3.63) is 65.7 Å². The van der Waals surface area contributed by atoms with Crippen molar-refractivity contribution < 1.29 is 19.0 Å². The van der Waals surface area contributed by atoms with Crippen molar-refractivity contribution in [2.45, 2.75) is 13.5 Å². The maximum absolute atomic E-state index is 11.5. The van der Waals surface area contributed by atoms with Gasteiger partial charge < -0.3 is 14.2 Å². The Kier molecular flexibility index (Phi) is 5.79. The van der Waals surface area contributed by atoms with Gasteiger partial charge >= 0.3 is 5.97 Å². The van der Waals surface area contributed by atoms with Gasteiger partial charge in [0.05, 0.1) is 18.8 Å². The molecule has 0 radical (unpaired) electrons. The highest BCUT2D eigenvalue weighted by Crippen LogP contribution is 2.13. The number of hydrogen-bond donors (Lipinski definition) is 0. The molecule has 2 aromatic rings. The largest absolute Gasteiger partial charge is 0.468 e. The van der Waals surface area contributed by atoms with Crippen LogP contribution < -0.4 is 4.74 Å². The predicted molar refractivity (Wildman–Crippen MR) is 79.1 cm³/mol. The van der Waals surface area contributed by atoms with Gasteiger partial charge in [0, 0.05) is 0 Å². The lowest BCUT2D eigenvalue weighted by atomic mass is 10.2. The van der Waals surface area contributed by atoms with Crippen molar-refractivity contribution in [2.24, 2.45) is 0 Å². The van der Waals surface area contributed by atoms with Crippen LogP contribution in [-0.4, -0.2) is 19.4 Å². The first kappa shape index (κ1) is 15.1. The molecule has 0 bridgehead atoms. The molecule has 0 saturated carbocycles. The van der Waals surface area contributed by atoms with Crippen LogP contribution in [0.1, 0.15) is 22.8 Å². The second kappa shape index (κ2) is 8.07. The lowest BCUT2D eigenvalue weighted by Crippen LogP contribution is -2.05.